The highest BCUT2D eigenvalue weighted by Crippen LogP contribution is 2.17. The van der Waals surface area contributed by atoms with E-state index in [9.17, 15) is 0 Å². The van der Waals surface area contributed by atoms with Crippen LogP contribution >= 0.6 is 0 Å². The van der Waals surface area contributed by atoms with E-state index < -0.39 is 0 Å². The summed E-state index contributed by atoms with van der Waals surface area (Å²) in [5.74, 6) is 0.232. The number of amidine groups is 1. The number of benzene rings is 1. The molecule has 3 N–H and O–H groups in total. The molecule has 1 aromatic carbocycles. The zero-order valence-corrected chi connectivity index (χ0v) is 10.6. The van der Waals surface area contributed by atoms with Crippen molar-refractivity contribution in [3.05, 3.63) is 35.9 Å². The maximum Gasteiger partial charge on any atom is 0.0995 e. The minimum absolute atomic E-state index is 0.00991. The second kappa shape index (κ2) is 6.52. The molecule has 98 valence electrons. The fraction of sp³-hybridized carbons (Fsp3) is 0.500. The van der Waals surface area contributed by atoms with Crippen LogP contribution in [-0.2, 0) is 4.74 Å². The van der Waals surface area contributed by atoms with Gasteiger partial charge in [0.1, 0.15) is 0 Å². The molecule has 1 saturated heterocycles. The summed E-state index contributed by atoms with van der Waals surface area (Å²) >= 11 is 0. The second-order valence-corrected chi connectivity index (χ2v) is 4.69. The summed E-state index contributed by atoms with van der Waals surface area (Å²) in [6, 6.07) is 10.1. The fourth-order valence-corrected chi connectivity index (χ4v) is 2.31. The van der Waals surface area contributed by atoms with Gasteiger partial charge in [-0.2, -0.15) is 0 Å². The van der Waals surface area contributed by atoms with Crippen molar-refractivity contribution in [3.63, 3.8) is 0 Å². The van der Waals surface area contributed by atoms with Crippen LogP contribution in [0.25, 0.3) is 0 Å². The molecular formula is C14H21N3O. The molecule has 0 aromatic heterocycles. The molecule has 18 heavy (non-hydrogen) atoms. The molecule has 0 radical (unpaired) electrons. The number of nitrogens with one attached hydrogen (secondary N) is 1. The molecule has 1 atom stereocenters. The standard InChI is InChI=1S/C14H21N3O/c15-14(16)13(12-5-2-1-3-6-12)11-17-7-4-9-18-10-8-17/h1-3,5-6,13H,4,7-11H2,(H3,15,16). The predicted octanol–water partition coefficient (Wildman–Crippen LogP) is 1.43. The molecule has 0 bridgehead atoms. The zero-order valence-electron chi connectivity index (χ0n) is 10.6. The Morgan fingerprint density at radius 2 is 2.06 bits per heavy atom. The molecule has 2 rings (SSSR count). The first-order valence-corrected chi connectivity index (χ1v) is 6.46. The van der Waals surface area contributed by atoms with Crippen LogP contribution in [0, 0.1) is 5.41 Å². The molecule has 4 heteroatoms. The van der Waals surface area contributed by atoms with Gasteiger partial charge in [0.2, 0.25) is 0 Å². The Hall–Kier alpha value is -1.39. The van der Waals surface area contributed by atoms with Crippen LogP contribution in [-0.4, -0.2) is 43.6 Å². The molecule has 1 aliphatic heterocycles. The van der Waals surface area contributed by atoms with Crippen molar-refractivity contribution in [2.45, 2.75) is 12.3 Å². The van der Waals surface area contributed by atoms with Crippen LogP contribution in [0.3, 0.4) is 0 Å². The van der Waals surface area contributed by atoms with E-state index in [2.05, 4.69) is 4.90 Å². The Labute approximate surface area is 108 Å². The lowest BCUT2D eigenvalue weighted by Gasteiger charge is -2.25. The summed E-state index contributed by atoms with van der Waals surface area (Å²) in [7, 11) is 0. The molecule has 1 aliphatic rings. The highest BCUT2D eigenvalue weighted by atomic mass is 16.5. The highest BCUT2D eigenvalue weighted by Gasteiger charge is 2.19. The van der Waals surface area contributed by atoms with E-state index in [0.29, 0.717) is 0 Å². The summed E-state index contributed by atoms with van der Waals surface area (Å²) in [4.78, 5) is 2.34. The van der Waals surface area contributed by atoms with E-state index in [4.69, 9.17) is 15.9 Å². The highest BCUT2D eigenvalue weighted by molar-refractivity contribution is 5.84. The second-order valence-electron chi connectivity index (χ2n) is 4.69. The van der Waals surface area contributed by atoms with Crippen molar-refractivity contribution in [2.24, 2.45) is 5.73 Å². The minimum atomic E-state index is -0.00991. The Morgan fingerprint density at radius 1 is 1.28 bits per heavy atom. The van der Waals surface area contributed by atoms with Gasteiger partial charge in [0, 0.05) is 26.2 Å². The van der Waals surface area contributed by atoms with E-state index >= 15 is 0 Å². The molecule has 0 spiro atoms. The van der Waals surface area contributed by atoms with Crippen molar-refractivity contribution in [1.29, 1.82) is 5.41 Å². The molecule has 4 nitrogen and oxygen atoms in total. The molecule has 1 aromatic rings. The van der Waals surface area contributed by atoms with Crippen LogP contribution in [0.1, 0.15) is 17.9 Å². The van der Waals surface area contributed by atoms with Crippen LogP contribution in [0.4, 0.5) is 0 Å². The molecule has 1 heterocycles. The van der Waals surface area contributed by atoms with Crippen molar-refractivity contribution in [1.82, 2.24) is 4.90 Å². The smallest absolute Gasteiger partial charge is 0.0995 e. The molecule has 1 unspecified atom stereocenters. The van der Waals surface area contributed by atoms with Gasteiger partial charge in [0.15, 0.2) is 0 Å². The number of hydrogen-bond donors (Lipinski definition) is 2. The number of hydrogen-bond acceptors (Lipinski definition) is 3. The Balaban J connectivity index is 2.04. The lowest BCUT2D eigenvalue weighted by molar-refractivity contribution is 0.141. The van der Waals surface area contributed by atoms with Crippen molar-refractivity contribution in [2.75, 3.05) is 32.8 Å². The fourth-order valence-electron chi connectivity index (χ4n) is 2.31. The molecule has 1 fully saturated rings. The van der Waals surface area contributed by atoms with Gasteiger partial charge in [0.05, 0.1) is 18.4 Å². The summed E-state index contributed by atoms with van der Waals surface area (Å²) in [5.41, 5.74) is 6.87. The number of nitrogens with two attached hydrogens (primary N) is 1. The topological polar surface area (TPSA) is 62.3 Å². The maximum absolute atomic E-state index is 7.78. The quantitative estimate of drug-likeness (QED) is 0.625. The van der Waals surface area contributed by atoms with Crippen LogP contribution in [0.15, 0.2) is 30.3 Å². The van der Waals surface area contributed by atoms with Crippen molar-refractivity contribution < 1.29 is 4.74 Å². The molecule has 0 saturated carbocycles. The van der Waals surface area contributed by atoms with E-state index in [1.165, 1.54) is 0 Å². The third kappa shape index (κ3) is 3.55. The minimum Gasteiger partial charge on any atom is -0.387 e. The lowest BCUT2D eigenvalue weighted by atomic mass is 9.97. The molecule has 0 amide bonds. The largest absolute Gasteiger partial charge is 0.387 e. The lowest BCUT2D eigenvalue weighted by Crippen LogP contribution is -2.36. The van der Waals surface area contributed by atoms with Gasteiger partial charge < -0.3 is 10.5 Å². The Kier molecular flexibility index (Phi) is 4.73. The summed E-state index contributed by atoms with van der Waals surface area (Å²) in [6.45, 7) is 4.38. The van der Waals surface area contributed by atoms with Gasteiger partial charge in [-0.05, 0) is 12.0 Å². The van der Waals surface area contributed by atoms with E-state index in [1.54, 1.807) is 0 Å². The van der Waals surface area contributed by atoms with Gasteiger partial charge in [-0.15, -0.1) is 0 Å². The summed E-state index contributed by atoms with van der Waals surface area (Å²) < 4.78 is 5.45. The zero-order chi connectivity index (χ0) is 12.8. The van der Waals surface area contributed by atoms with E-state index in [1.807, 2.05) is 30.3 Å². The normalized spacial score (nSPS) is 19.1. The maximum atomic E-state index is 7.78. The van der Waals surface area contributed by atoms with Gasteiger partial charge in [-0.1, -0.05) is 30.3 Å². The van der Waals surface area contributed by atoms with Gasteiger partial charge >= 0.3 is 0 Å². The molecular weight excluding hydrogens is 226 g/mol. The van der Waals surface area contributed by atoms with Gasteiger partial charge in [-0.3, -0.25) is 10.3 Å². The van der Waals surface area contributed by atoms with Crippen molar-refractivity contribution in [3.8, 4) is 0 Å². The molecule has 0 aliphatic carbocycles. The average molecular weight is 247 g/mol. The Bertz CT molecular complexity index is 372. The first-order chi connectivity index (χ1) is 8.77. The third-order valence-corrected chi connectivity index (χ3v) is 3.33. The average Bonchev–Trinajstić information content (AvgIpc) is 2.65. The van der Waals surface area contributed by atoms with Gasteiger partial charge in [0.25, 0.3) is 0 Å². The first-order valence-electron chi connectivity index (χ1n) is 6.46. The van der Waals surface area contributed by atoms with Crippen LogP contribution < -0.4 is 5.73 Å². The first kappa shape index (κ1) is 13.1. The summed E-state index contributed by atoms with van der Waals surface area (Å²) in [6.07, 6.45) is 1.05. The van der Waals surface area contributed by atoms with Crippen molar-refractivity contribution >= 4 is 5.84 Å². The van der Waals surface area contributed by atoms with E-state index in [-0.39, 0.29) is 11.8 Å². The Morgan fingerprint density at radius 3 is 2.78 bits per heavy atom. The van der Waals surface area contributed by atoms with Gasteiger partial charge in [-0.25, -0.2) is 0 Å². The van der Waals surface area contributed by atoms with E-state index in [0.717, 1.165) is 44.8 Å². The van der Waals surface area contributed by atoms with Crippen LogP contribution in [0.2, 0.25) is 0 Å². The summed E-state index contributed by atoms with van der Waals surface area (Å²) in [5, 5.41) is 7.78. The number of ether oxygens (including phenoxy) is 1. The number of nitrogens with zero attached hydrogens (tertiary/aromatic N) is 1. The van der Waals surface area contributed by atoms with Crippen LogP contribution in [0.5, 0.6) is 0 Å². The third-order valence-electron chi connectivity index (χ3n) is 3.33. The monoisotopic (exact) mass is 247 g/mol. The SMILES string of the molecule is N=C(N)C(CN1CCCOCC1)c1ccccc1. The number of rotatable bonds is 4. The predicted molar refractivity (Wildman–Crippen MR) is 73.0 cm³/mol.